The third kappa shape index (κ3) is 3.66. The topological polar surface area (TPSA) is 95.9 Å². The fraction of sp³-hybridized carbons (Fsp3) is 0.278. The van der Waals surface area contributed by atoms with Gasteiger partial charge in [-0.3, -0.25) is 0 Å². The minimum atomic E-state index is -3.92. The second-order valence-corrected chi connectivity index (χ2v) is 7.80. The molecule has 1 fully saturated rings. The lowest BCUT2D eigenvalue weighted by Crippen LogP contribution is -2.23. The van der Waals surface area contributed by atoms with Crippen molar-refractivity contribution >= 4 is 21.7 Å². The van der Waals surface area contributed by atoms with E-state index in [1.165, 1.54) is 13.1 Å². The number of nitrogens with one attached hydrogen (secondary N) is 1. The molecule has 2 N–H and O–H groups in total. The van der Waals surface area contributed by atoms with Gasteiger partial charge in [0.25, 0.3) is 0 Å². The molecule has 0 spiro atoms. The molecule has 138 valence electrons. The van der Waals surface area contributed by atoms with Crippen molar-refractivity contribution in [1.82, 2.24) is 4.72 Å². The summed E-state index contributed by atoms with van der Waals surface area (Å²) in [6, 6.07) is 11.4. The van der Waals surface area contributed by atoms with E-state index in [9.17, 15) is 18.3 Å². The van der Waals surface area contributed by atoms with Crippen LogP contribution in [-0.2, 0) is 10.0 Å². The van der Waals surface area contributed by atoms with Crippen LogP contribution in [0.15, 0.2) is 47.4 Å². The van der Waals surface area contributed by atoms with Crippen molar-refractivity contribution in [3.63, 3.8) is 0 Å². The van der Waals surface area contributed by atoms with E-state index in [1.807, 2.05) is 11.0 Å². The SMILES string of the molecule is CNS(=O)(=O)c1cc(C(=O)O)cc(N2CCCC2)c1Oc1ccccc1. The predicted octanol–water partition coefficient (Wildman–Crippen LogP) is 2.69. The number of anilines is 1. The Hall–Kier alpha value is -2.58. The number of sulfonamides is 1. The maximum absolute atomic E-state index is 12.6. The van der Waals surface area contributed by atoms with Gasteiger partial charge >= 0.3 is 5.97 Å². The molecule has 0 amide bonds. The second kappa shape index (κ2) is 7.35. The summed E-state index contributed by atoms with van der Waals surface area (Å²) in [6.07, 6.45) is 1.91. The number of carboxylic acid groups (broad SMARTS) is 1. The first-order valence-corrected chi connectivity index (χ1v) is 9.73. The van der Waals surface area contributed by atoms with Crippen LogP contribution in [0.1, 0.15) is 23.2 Å². The molecule has 1 heterocycles. The van der Waals surface area contributed by atoms with Crippen LogP contribution in [0.2, 0.25) is 0 Å². The Bertz CT molecular complexity index is 907. The average Bonchev–Trinajstić information content (AvgIpc) is 3.17. The van der Waals surface area contributed by atoms with Gasteiger partial charge in [-0.2, -0.15) is 0 Å². The Labute approximate surface area is 152 Å². The zero-order chi connectivity index (χ0) is 18.7. The second-order valence-electron chi connectivity index (χ2n) is 5.94. The molecule has 8 heteroatoms. The predicted molar refractivity (Wildman–Crippen MR) is 97.6 cm³/mol. The maximum Gasteiger partial charge on any atom is 0.335 e. The minimum absolute atomic E-state index is 0.0962. The summed E-state index contributed by atoms with van der Waals surface area (Å²) in [4.78, 5) is 13.3. The van der Waals surface area contributed by atoms with Gasteiger partial charge in [-0.15, -0.1) is 0 Å². The highest BCUT2D eigenvalue weighted by Gasteiger charge is 2.28. The molecule has 3 rings (SSSR count). The summed E-state index contributed by atoms with van der Waals surface area (Å²) in [5.41, 5.74) is 0.376. The van der Waals surface area contributed by atoms with Crippen LogP contribution in [0, 0.1) is 0 Å². The van der Waals surface area contributed by atoms with Crippen molar-refractivity contribution < 1.29 is 23.1 Å². The third-order valence-electron chi connectivity index (χ3n) is 4.25. The number of carbonyl (C=O) groups is 1. The van der Waals surface area contributed by atoms with Gasteiger partial charge in [-0.1, -0.05) is 18.2 Å². The number of nitrogens with zero attached hydrogens (tertiary/aromatic N) is 1. The highest BCUT2D eigenvalue weighted by Crippen LogP contribution is 2.40. The van der Waals surface area contributed by atoms with E-state index in [0.29, 0.717) is 24.5 Å². The van der Waals surface area contributed by atoms with Gasteiger partial charge in [-0.05, 0) is 44.2 Å². The summed E-state index contributed by atoms with van der Waals surface area (Å²) in [5.74, 6) is -0.578. The molecule has 1 saturated heterocycles. The van der Waals surface area contributed by atoms with Crippen molar-refractivity contribution in [1.29, 1.82) is 0 Å². The molecule has 2 aromatic carbocycles. The monoisotopic (exact) mass is 376 g/mol. The molecule has 0 radical (unpaired) electrons. The third-order valence-corrected chi connectivity index (χ3v) is 5.67. The summed E-state index contributed by atoms with van der Waals surface area (Å²) in [7, 11) is -2.64. The van der Waals surface area contributed by atoms with Crippen molar-refractivity contribution in [3.05, 3.63) is 48.0 Å². The molecule has 0 bridgehead atoms. The molecule has 2 aromatic rings. The number of carboxylic acids is 1. The van der Waals surface area contributed by atoms with Crippen molar-refractivity contribution in [3.8, 4) is 11.5 Å². The Morgan fingerprint density at radius 3 is 2.38 bits per heavy atom. The number of ether oxygens (including phenoxy) is 1. The van der Waals surface area contributed by atoms with E-state index < -0.39 is 16.0 Å². The lowest BCUT2D eigenvalue weighted by molar-refractivity contribution is 0.0696. The molecule has 1 aliphatic heterocycles. The van der Waals surface area contributed by atoms with Crippen LogP contribution in [0.5, 0.6) is 11.5 Å². The lowest BCUT2D eigenvalue weighted by Gasteiger charge is -2.24. The summed E-state index contributed by atoms with van der Waals surface area (Å²) < 4.78 is 33.3. The first-order valence-electron chi connectivity index (χ1n) is 8.25. The fourth-order valence-electron chi connectivity index (χ4n) is 2.92. The Morgan fingerprint density at radius 2 is 1.81 bits per heavy atom. The van der Waals surface area contributed by atoms with Crippen LogP contribution >= 0.6 is 0 Å². The first-order chi connectivity index (χ1) is 12.4. The Morgan fingerprint density at radius 1 is 1.15 bits per heavy atom. The van der Waals surface area contributed by atoms with Gasteiger partial charge in [0, 0.05) is 13.1 Å². The minimum Gasteiger partial charge on any atom is -0.478 e. The van der Waals surface area contributed by atoms with E-state index in [-0.39, 0.29) is 16.2 Å². The molecule has 0 aliphatic carbocycles. The number of rotatable bonds is 6. The zero-order valence-electron chi connectivity index (χ0n) is 14.3. The number of hydrogen-bond acceptors (Lipinski definition) is 5. The van der Waals surface area contributed by atoms with E-state index >= 15 is 0 Å². The smallest absolute Gasteiger partial charge is 0.335 e. The summed E-state index contributed by atoms with van der Waals surface area (Å²) in [5, 5.41) is 9.42. The molecule has 0 atom stereocenters. The van der Waals surface area contributed by atoms with E-state index in [1.54, 1.807) is 24.3 Å². The normalized spacial score (nSPS) is 14.4. The van der Waals surface area contributed by atoms with Crippen LogP contribution in [0.25, 0.3) is 0 Å². The molecule has 1 aliphatic rings. The van der Waals surface area contributed by atoms with Crippen LogP contribution in [0.3, 0.4) is 0 Å². The summed E-state index contributed by atoms with van der Waals surface area (Å²) >= 11 is 0. The molecule has 0 aromatic heterocycles. The van der Waals surface area contributed by atoms with Gasteiger partial charge in [0.2, 0.25) is 10.0 Å². The van der Waals surface area contributed by atoms with Gasteiger partial charge in [-0.25, -0.2) is 17.9 Å². The average molecular weight is 376 g/mol. The molecular formula is C18H20N2O5S. The number of hydrogen-bond donors (Lipinski definition) is 2. The Balaban J connectivity index is 2.23. The standard InChI is InChI=1S/C18H20N2O5S/c1-19-26(23,24)16-12-13(18(21)22)11-15(20-9-5-6-10-20)17(16)25-14-7-3-2-4-8-14/h2-4,7-8,11-12,19H,5-6,9-10H2,1H3,(H,21,22). The Kier molecular flexibility index (Phi) is 5.15. The van der Waals surface area contributed by atoms with Crippen molar-refractivity contribution in [2.45, 2.75) is 17.7 Å². The van der Waals surface area contributed by atoms with E-state index in [4.69, 9.17) is 4.74 Å². The van der Waals surface area contributed by atoms with E-state index in [0.717, 1.165) is 18.9 Å². The van der Waals surface area contributed by atoms with Crippen molar-refractivity contribution in [2.75, 3.05) is 25.0 Å². The van der Waals surface area contributed by atoms with Crippen LogP contribution in [0.4, 0.5) is 5.69 Å². The molecular weight excluding hydrogens is 356 g/mol. The largest absolute Gasteiger partial charge is 0.478 e. The quantitative estimate of drug-likeness (QED) is 0.805. The molecule has 26 heavy (non-hydrogen) atoms. The zero-order valence-corrected chi connectivity index (χ0v) is 15.1. The molecule has 0 saturated carbocycles. The highest BCUT2D eigenvalue weighted by molar-refractivity contribution is 7.89. The molecule has 0 unspecified atom stereocenters. The fourth-order valence-corrected chi connectivity index (χ4v) is 3.81. The number of aromatic carboxylic acids is 1. The molecule has 7 nitrogen and oxygen atoms in total. The lowest BCUT2D eigenvalue weighted by atomic mass is 10.1. The van der Waals surface area contributed by atoms with Crippen LogP contribution < -0.4 is 14.4 Å². The van der Waals surface area contributed by atoms with Gasteiger partial charge < -0.3 is 14.7 Å². The number of para-hydroxylation sites is 1. The van der Waals surface area contributed by atoms with Crippen molar-refractivity contribution in [2.24, 2.45) is 0 Å². The number of benzene rings is 2. The highest BCUT2D eigenvalue weighted by atomic mass is 32.2. The van der Waals surface area contributed by atoms with E-state index in [2.05, 4.69) is 4.72 Å². The summed E-state index contributed by atoms with van der Waals surface area (Å²) in [6.45, 7) is 1.43. The van der Waals surface area contributed by atoms with Gasteiger partial charge in [0.1, 0.15) is 10.6 Å². The van der Waals surface area contributed by atoms with Gasteiger partial charge in [0.15, 0.2) is 5.75 Å². The first kappa shape index (κ1) is 18.2. The maximum atomic E-state index is 12.6. The van der Waals surface area contributed by atoms with Crippen LogP contribution in [-0.4, -0.2) is 39.6 Å². The van der Waals surface area contributed by atoms with Gasteiger partial charge in [0.05, 0.1) is 11.3 Å².